The van der Waals surface area contributed by atoms with Gasteiger partial charge in [0, 0.05) is 12.1 Å². The summed E-state index contributed by atoms with van der Waals surface area (Å²) in [6.45, 7) is 1.17. The highest BCUT2D eigenvalue weighted by Gasteiger charge is 2.36. The number of halogens is 1. The fourth-order valence-electron chi connectivity index (χ4n) is 4.68. The number of nitrogens with zero attached hydrogens (tertiary/aromatic N) is 8. The van der Waals surface area contributed by atoms with Gasteiger partial charge in [-0.25, -0.2) is 18.9 Å². The Balaban J connectivity index is 1.26. The van der Waals surface area contributed by atoms with Gasteiger partial charge in [0.25, 0.3) is 5.91 Å². The summed E-state index contributed by atoms with van der Waals surface area (Å²) in [5, 5.41) is 15.4. The van der Waals surface area contributed by atoms with Crippen LogP contribution in [0.3, 0.4) is 0 Å². The van der Waals surface area contributed by atoms with Crippen molar-refractivity contribution in [3.63, 3.8) is 0 Å². The number of hydrogen-bond acceptors (Lipinski definition) is 9. The zero-order valence-electron chi connectivity index (χ0n) is 21.8. The van der Waals surface area contributed by atoms with Crippen LogP contribution in [0.5, 0.6) is 0 Å². The molecule has 1 aliphatic heterocycles. The average Bonchev–Trinajstić information content (AvgIpc) is 3.70. The Morgan fingerprint density at radius 1 is 1.05 bits per heavy atom. The van der Waals surface area contributed by atoms with Gasteiger partial charge < -0.3 is 14.1 Å². The maximum absolute atomic E-state index is 14.3. The summed E-state index contributed by atoms with van der Waals surface area (Å²) in [6, 6.07) is 18.4. The van der Waals surface area contributed by atoms with Gasteiger partial charge in [0.2, 0.25) is 0 Å². The molecule has 3 heterocycles. The van der Waals surface area contributed by atoms with Gasteiger partial charge in [-0.1, -0.05) is 29.4 Å². The van der Waals surface area contributed by atoms with Crippen LogP contribution < -0.4 is 4.90 Å². The lowest BCUT2D eigenvalue weighted by Gasteiger charge is -2.18. The lowest BCUT2D eigenvalue weighted by molar-refractivity contribution is -0.112. The van der Waals surface area contributed by atoms with E-state index in [4.69, 9.17) is 14.6 Å². The number of tetrazole rings is 1. The highest BCUT2D eigenvalue weighted by Crippen LogP contribution is 2.32. The molecule has 0 radical (unpaired) electrons. The fourth-order valence-corrected chi connectivity index (χ4v) is 4.68. The molecule has 0 N–H and O–H groups in total. The molecule has 5 aromatic rings. The van der Waals surface area contributed by atoms with E-state index in [0.717, 1.165) is 16.6 Å². The van der Waals surface area contributed by atoms with Crippen molar-refractivity contribution in [1.29, 1.82) is 0 Å². The van der Waals surface area contributed by atoms with E-state index in [2.05, 4.69) is 20.7 Å². The molecule has 0 saturated heterocycles. The van der Waals surface area contributed by atoms with E-state index in [1.165, 1.54) is 30.5 Å². The van der Waals surface area contributed by atoms with Gasteiger partial charge in [0.1, 0.15) is 24.6 Å². The molecule has 0 fully saturated rings. The Morgan fingerprint density at radius 3 is 2.66 bits per heavy atom. The Hall–Kier alpha value is -5.46. The summed E-state index contributed by atoms with van der Waals surface area (Å²) in [7, 11) is 1.31. The number of ether oxygens (including phenoxy) is 1. The molecule has 206 valence electrons. The van der Waals surface area contributed by atoms with Crippen molar-refractivity contribution in [2.24, 2.45) is 5.16 Å². The molecule has 0 spiro atoms. The van der Waals surface area contributed by atoms with E-state index in [9.17, 15) is 14.0 Å². The third-order valence-corrected chi connectivity index (χ3v) is 6.69. The largest absolute Gasteiger partial charge is 0.465 e. The molecular formula is C28H23FN8O4. The SMILES string of the molecule is COC(=O)c1ccc(CON=C2C(=O)N(Cc3nc4ccccc4n3CCn3cnnn3)c3ccc(F)cc32)cc1. The Kier molecular flexibility index (Phi) is 6.90. The first kappa shape index (κ1) is 25.8. The number of hydrogen-bond donors (Lipinski definition) is 0. The van der Waals surface area contributed by atoms with Gasteiger partial charge in [-0.3, -0.25) is 9.69 Å². The van der Waals surface area contributed by atoms with E-state index in [1.807, 2.05) is 28.8 Å². The number of para-hydroxylation sites is 2. The smallest absolute Gasteiger partial charge is 0.337 e. The summed E-state index contributed by atoms with van der Waals surface area (Å²) in [6.07, 6.45) is 1.53. The van der Waals surface area contributed by atoms with Crippen molar-refractivity contribution in [2.75, 3.05) is 12.0 Å². The number of amides is 1. The van der Waals surface area contributed by atoms with Crippen molar-refractivity contribution in [3.8, 4) is 0 Å². The molecule has 0 saturated carbocycles. The average molecular weight is 555 g/mol. The molecule has 6 rings (SSSR count). The summed E-state index contributed by atoms with van der Waals surface area (Å²) in [5.41, 5.74) is 3.62. The van der Waals surface area contributed by atoms with Crippen LogP contribution in [0.25, 0.3) is 11.0 Å². The summed E-state index contributed by atoms with van der Waals surface area (Å²) in [4.78, 5) is 37.1. The van der Waals surface area contributed by atoms with E-state index >= 15 is 0 Å². The fraction of sp³-hybridized carbons (Fsp3) is 0.179. The molecule has 0 atom stereocenters. The number of anilines is 1. The molecule has 2 aromatic heterocycles. The zero-order valence-corrected chi connectivity index (χ0v) is 21.8. The van der Waals surface area contributed by atoms with Crippen LogP contribution in [0, 0.1) is 5.82 Å². The molecule has 1 aliphatic rings. The lowest BCUT2D eigenvalue weighted by atomic mass is 10.1. The standard InChI is InChI=1S/C28H23FN8O4/c1-40-28(39)19-8-6-18(7-9-19)16-41-32-26-21-14-20(29)10-11-23(21)37(27(26)38)15-25-31-22-4-2-3-5-24(22)36(25)13-12-35-17-30-33-34-35/h2-11,14,17H,12-13,15-16H2,1H3. The van der Waals surface area contributed by atoms with E-state index < -0.39 is 17.7 Å². The summed E-state index contributed by atoms with van der Waals surface area (Å²) >= 11 is 0. The minimum atomic E-state index is -0.502. The van der Waals surface area contributed by atoms with Crippen LogP contribution in [-0.4, -0.2) is 54.5 Å². The van der Waals surface area contributed by atoms with Crippen molar-refractivity contribution in [3.05, 3.63) is 101 Å². The van der Waals surface area contributed by atoms with Gasteiger partial charge in [-0.2, -0.15) is 0 Å². The molecule has 0 unspecified atom stereocenters. The quantitative estimate of drug-likeness (QED) is 0.201. The number of carbonyl (C=O) groups is 2. The van der Waals surface area contributed by atoms with Gasteiger partial charge in [-0.15, -0.1) is 5.10 Å². The number of aromatic nitrogens is 6. The normalized spacial score (nSPS) is 13.7. The Morgan fingerprint density at radius 2 is 1.88 bits per heavy atom. The number of carbonyl (C=O) groups excluding carboxylic acids is 2. The minimum absolute atomic E-state index is 0.0120. The first-order valence-electron chi connectivity index (χ1n) is 12.7. The summed E-state index contributed by atoms with van der Waals surface area (Å²) in [5.74, 6) is -0.753. The molecular weight excluding hydrogens is 531 g/mol. The van der Waals surface area contributed by atoms with Crippen LogP contribution in [0.15, 0.2) is 78.2 Å². The molecule has 0 aliphatic carbocycles. The van der Waals surface area contributed by atoms with E-state index in [-0.39, 0.29) is 18.9 Å². The first-order chi connectivity index (χ1) is 20.0. The van der Waals surface area contributed by atoms with Crippen molar-refractivity contribution in [2.45, 2.75) is 26.2 Å². The number of imidazole rings is 1. The number of esters is 1. The summed E-state index contributed by atoms with van der Waals surface area (Å²) < 4.78 is 22.6. The molecule has 1 amide bonds. The van der Waals surface area contributed by atoms with Crippen LogP contribution in [0.4, 0.5) is 10.1 Å². The Labute approximate surface area is 232 Å². The number of aryl methyl sites for hydroxylation is 2. The Bertz CT molecular complexity index is 1770. The number of fused-ring (bicyclic) bond motifs is 2. The predicted octanol–water partition coefficient (Wildman–Crippen LogP) is 3.12. The van der Waals surface area contributed by atoms with E-state index in [1.54, 1.807) is 35.0 Å². The van der Waals surface area contributed by atoms with Gasteiger partial charge >= 0.3 is 5.97 Å². The molecule has 12 nitrogen and oxygen atoms in total. The van der Waals surface area contributed by atoms with E-state index in [0.29, 0.717) is 35.7 Å². The number of rotatable bonds is 9. The van der Waals surface area contributed by atoms with Gasteiger partial charge in [-0.05, 0) is 58.5 Å². The van der Waals surface area contributed by atoms with Gasteiger partial charge in [0.15, 0.2) is 5.71 Å². The predicted molar refractivity (Wildman–Crippen MR) is 144 cm³/mol. The third kappa shape index (κ3) is 5.12. The van der Waals surface area contributed by atoms with Crippen LogP contribution in [0.1, 0.15) is 27.3 Å². The second kappa shape index (κ2) is 11.0. The van der Waals surface area contributed by atoms with Crippen molar-refractivity contribution >= 4 is 34.3 Å². The first-order valence-corrected chi connectivity index (χ1v) is 12.7. The van der Waals surface area contributed by atoms with Gasteiger partial charge in [0.05, 0.1) is 42.5 Å². The maximum Gasteiger partial charge on any atom is 0.337 e. The zero-order chi connectivity index (χ0) is 28.3. The molecule has 41 heavy (non-hydrogen) atoms. The second-order valence-corrected chi connectivity index (χ2v) is 9.20. The minimum Gasteiger partial charge on any atom is -0.465 e. The van der Waals surface area contributed by atoms with Crippen LogP contribution in [0.2, 0.25) is 0 Å². The van der Waals surface area contributed by atoms with Crippen LogP contribution in [-0.2, 0) is 40.6 Å². The topological polar surface area (TPSA) is 130 Å². The highest BCUT2D eigenvalue weighted by molar-refractivity contribution is 6.54. The van der Waals surface area contributed by atoms with Crippen molar-refractivity contribution < 1.29 is 23.6 Å². The van der Waals surface area contributed by atoms with Crippen LogP contribution >= 0.6 is 0 Å². The second-order valence-electron chi connectivity index (χ2n) is 9.20. The highest BCUT2D eigenvalue weighted by atomic mass is 19.1. The van der Waals surface area contributed by atoms with Crippen molar-refractivity contribution in [1.82, 2.24) is 29.8 Å². The maximum atomic E-state index is 14.3. The molecule has 0 bridgehead atoms. The molecule has 13 heteroatoms. The number of benzene rings is 3. The lowest BCUT2D eigenvalue weighted by Crippen LogP contribution is -2.31. The number of oxime groups is 1. The third-order valence-electron chi connectivity index (χ3n) is 6.69. The monoisotopic (exact) mass is 554 g/mol. The number of methoxy groups -OCH3 is 1. The molecule has 3 aromatic carbocycles.